The number of carboxylic acids is 1. The van der Waals surface area contributed by atoms with E-state index in [0.717, 1.165) is 55.4 Å². The van der Waals surface area contributed by atoms with E-state index in [1.807, 2.05) is 0 Å². The lowest BCUT2D eigenvalue weighted by Gasteiger charge is -2.27. The highest BCUT2D eigenvalue weighted by Gasteiger charge is 2.37. The van der Waals surface area contributed by atoms with Gasteiger partial charge in [-0.15, -0.1) is 11.3 Å². The van der Waals surface area contributed by atoms with Crippen LogP contribution in [0.15, 0.2) is 0 Å². The van der Waals surface area contributed by atoms with Crippen LogP contribution in [-0.2, 0) is 22.4 Å². The lowest BCUT2D eigenvalue weighted by atomic mass is 9.78. The average Bonchev–Trinajstić information content (AvgIpc) is 2.99. The summed E-state index contributed by atoms with van der Waals surface area (Å²) in [5.74, 6) is -2.33. The first-order valence-corrected chi connectivity index (χ1v) is 10.7. The minimum atomic E-state index is -0.919. The van der Waals surface area contributed by atoms with Crippen LogP contribution in [0.2, 0.25) is 0 Å². The van der Waals surface area contributed by atoms with Gasteiger partial charge >= 0.3 is 5.97 Å². The van der Waals surface area contributed by atoms with E-state index in [0.29, 0.717) is 29.3 Å². The van der Waals surface area contributed by atoms with Crippen molar-refractivity contribution in [2.75, 3.05) is 5.32 Å². The minimum Gasteiger partial charge on any atom is -0.481 e. The Kier molecular flexibility index (Phi) is 6.19. The van der Waals surface area contributed by atoms with Gasteiger partial charge in [0.2, 0.25) is 5.91 Å². The summed E-state index contributed by atoms with van der Waals surface area (Å²) in [6.45, 7) is 2.17. The summed E-state index contributed by atoms with van der Waals surface area (Å²) >= 11 is 1.44. The molecule has 0 unspecified atom stereocenters. The van der Waals surface area contributed by atoms with E-state index in [1.54, 1.807) is 0 Å². The number of anilines is 1. The van der Waals surface area contributed by atoms with Crippen molar-refractivity contribution in [3.05, 3.63) is 16.0 Å². The van der Waals surface area contributed by atoms with Gasteiger partial charge in [0.1, 0.15) is 5.00 Å². The van der Waals surface area contributed by atoms with Gasteiger partial charge in [-0.3, -0.25) is 14.4 Å². The molecule has 1 aromatic heterocycles. The molecule has 1 saturated carbocycles. The number of nitrogens with one attached hydrogen (secondary N) is 1. The number of fused-ring (bicyclic) bond motifs is 1. The van der Waals surface area contributed by atoms with Crippen molar-refractivity contribution in [2.24, 2.45) is 23.5 Å². The van der Waals surface area contributed by atoms with E-state index in [9.17, 15) is 19.5 Å². The molecule has 3 rings (SSSR count). The van der Waals surface area contributed by atoms with Gasteiger partial charge < -0.3 is 16.2 Å². The quantitative estimate of drug-likeness (QED) is 0.687. The lowest BCUT2D eigenvalue weighted by molar-refractivity contribution is -0.147. The van der Waals surface area contributed by atoms with Crippen molar-refractivity contribution in [1.82, 2.24) is 0 Å². The lowest BCUT2D eigenvalue weighted by Crippen LogP contribution is -2.36. The van der Waals surface area contributed by atoms with Gasteiger partial charge in [-0.1, -0.05) is 32.6 Å². The first-order valence-electron chi connectivity index (χ1n) is 9.90. The molecule has 27 heavy (non-hydrogen) atoms. The number of nitrogens with two attached hydrogens (primary N) is 1. The molecule has 0 saturated heterocycles. The molecule has 2 aliphatic carbocycles. The third kappa shape index (κ3) is 4.18. The number of primary amides is 1. The minimum absolute atomic E-state index is 0.298. The van der Waals surface area contributed by atoms with Gasteiger partial charge in [0.05, 0.1) is 17.4 Å². The van der Waals surface area contributed by atoms with Crippen LogP contribution in [0.4, 0.5) is 5.00 Å². The fourth-order valence-corrected chi connectivity index (χ4v) is 5.97. The van der Waals surface area contributed by atoms with Crippen LogP contribution in [0.25, 0.3) is 0 Å². The SMILES string of the molecule is CCC[C@@H]1CCc2c(sc(NC(=O)[C@@H]3CCCC[C@H]3C(=O)O)c2C(N)=O)C1. The molecule has 148 valence electrons. The summed E-state index contributed by atoms with van der Waals surface area (Å²) in [4.78, 5) is 37.5. The summed E-state index contributed by atoms with van der Waals surface area (Å²) in [6.07, 6.45) is 7.84. The smallest absolute Gasteiger partial charge is 0.307 e. The van der Waals surface area contributed by atoms with Crippen molar-refractivity contribution >= 4 is 34.1 Å². The van der Waals surface area contributed by atoms with Crippen LogP contribution >= 0.6 is 11.3 Å². The molecule has 3 atom stereocenters. The number of carboxylic acid groups (broad SMARTS) is 1. The Morgan fingerprint density at radius 1 is 1.19 bits per heavy atom. The Balaban J connectivity index is 1.83. The second kappa shape index (κ2) is 8.42. The highest BCUT2D eigenvalue weighted by Crippen LogP contribution is 2.41. The van der Waals surface area contributed by atoms with Gasteiger partial charge in [-0.25, -0.2) is 0 Å². The van der Waals surface area contributed by atoms with E-state index in [4.69, 9.17) is 5.73 Å². The van der Waals surface area contributed by atoms with Crippen LogP contribution in [0, 0.1) is 17.8 Å². The fourth-order valence-electron chi connectivity index (χ4n) is 4.60. The Hall–Kier alpha value is -1.89. The third-order valence-corrected chi connectivity index (χ3v) is 7.14. The van der Waals surface area contributed by atoms with Gasteiger partial charge in [0.15, 0.2) is 0 Å². The predicted octanol–water partition coefficient (Wildman–Crippen LogP) is 3.58. The summed E-state index contributed by atoms with van der Waals surface area (Å²) in [5, 5.41) is 12.8. The molecular weight excluding hydrogens is 364 g/mol. The van der Waals surface area contributed by atoms with Crippen molar-refractivity contribution in [3.63, 3.8) is 0 Å². The van der Waals surface area contributed by atoms with E-state index in [1.165, 1.54) is 11.3 Å². The number of aliphatic carboxylic acids is 1. The molecule has 7 heteroatoms. The van der Waals surface area contributed by atoms with Crippen LogP contribution < -0.4 is 11.1 Å². The zero-order chi connectivity index (χ0) is 19.6. The zero-order valence-electron chi connectivity index (χ0n) is 15.8. The summed E-state index contributed by atoms with van der Waals surface area (Å²) in [5.41, 5.74) is 7.04. The number of carbonyl (C=O) groups excluding carboxylic acids is 2. The number of carbonyl (C=O) groups is 3. The highest BCUT2D eigenvalue weighted by atomic mass is 32.1. The molecule has 1 aromatic rings. The molecular formula is C20H28N2O4S. The molecule has 1 fully saturated rings. The maximum Gasteiger partial charge on any atom is 0.307 e. The number of rotatable bonds is 6. The Morgan fingerprint density at radius 3 is 2.52 bits per heavy atom. The first kappa shape index (κ1) is 19.9. The van der Waals surface area contributed by atoms with E-state index < -0.39 is 23.7 Å². The number of thiophene rings is 1. The van der Waals surface area contributed by atoms with Gasteiger partial charge in [-0.05, 0) is 43.6 Å². The Labute approximate surface area is 163 Å². The predicted molar refractivity (Wildman–Crippen MR) is 105 cm³/mol. The zero-order valence-corrected chi connectivity index (χ0v) is 16.6. The van der Waals surface area contributed by atoms with Gasteiger partial charge in [0, 0.05) is 4.88 Å². The summed E-state index contributed by atoms with van der Waals surface area (Å²) < 4.78 is 0. The maximum absolute atomic E-state index is 12.8. The van der Waals surface area contributed by atoms with E-state index in [2.05, 4.69) is 12.2 Å². The van der Waals surface area contributed by atoms with Crippen LogP contribution in [-0.4, -0.2) is 22.9 Å². The normalized spacial score (nSPS) is 24.9. The second-order valence-electron chi connectivity index (χ2n) is 7.79. The van der Waals surface area contributed by atoms with Crippen LogP contribution in [0.1, 0.15) is 72.7 Å². The largest absolute Gasteiger partial charge is 0.481 e. The fraction of sp³-hybridized carbons (Fsp3) is 0.650. The number of amides is 2. The monoisotopic (exact) mass is 392 g/mol. The molecule has 0 spiro atoms. The van der Waals surface area contributed by atoms with Crippen molar-refractivity contribution in [1.29, 1.82) is 0 Å². The van der Waals surface area contributed by atoms with Gasteiger partial charge in [0.25, 0.3) is 5.91 Å². The average molecular weight is 393 g/mol. The van der Waals surface area contributed by atoms with Crippen molar-refractivity contribution in [3.8, 4) is 0 Å². The Morgan fingerprint density at radius 2 is 1.89 bits per heavy atom. The third-order valence-electron chi connectivity index (χ3n) is 5.97. The number of hydrogen-bond donors (Lipinski definition) is 3. The molecule has 0 bridgehead atoms. The topological polar surface area (TPSA) is 109 Å². The highest BCUT2D eigenvalue weighted by molar-refractivity contribution is 7.17. The standard InChI is InChI=1S/C20H28N2O4S/c1-2-5-11-8-9-14-15(10-11)27-19(16(14)17(21)23)22-18(24)12-6-3-4-7-13(12)20(25)26/h11-13H,2-10H2,1H3,(H2,21,23)(H,22,24)(H,25,26)/t11-,12-,13-/m1/s1. The summed E-state index contributed by atoms with van der Waals surface area (Å²) in [6, 6.07) is 0. The molecule has 2 amide bonds. The van der Waals surface area contributed by atoms with Crippen molar-refractivity contribution in [2.45, 2.75) is 64.7 Å². The first-order chi connectivity index (χ1) is 12.9. The van der Waals surface area contributed by atoms with Crippen LogP contribution in [0.3, 0.4) is 0 Å². The second-order valence-corrected chi connectivity index (χ2v) is 8.90. The summed E-state index contributed by atoms with van der Waals surface area (Å²) in [7, 11) is 0. The van der Waals surface area contributed by atoms with Gasteiger partial charge in [-0.2, -0.15) is 0 Å². The molecule has 1 heterocycles. The molecule has 2 aliphatic rings. The van der Waals surface area contributed by atoms with Crippen molar-refractivity contribution < 1.29 is 19.5 Å². The van der Waals surface area contributed by atoms with Crippen LogP contribution in [0.5, 0.6) is 0 Å². The number of hydrogen-bond acceptors (Lipinski definition) is 4. The molecule has 0 aliphatic heterocycles. The molecule has 4 N–H and O–H groups in total. The molecule has 6 nitrogen and oxygen atoms in total. The van der Waals surface area contributed by atoms with E-state index in [-0.39, 0.29) is 5.91 Å². The maximum atomic E-state index is 12.8. The van der Waals surface area contributed by atoms with E-state index >= 15 is 0 Å². The molecule has 0 aromatic carbocycles. The Bertz CT molecular complexity index is 743. The molecule has 0 radical (unpaired) electrons.